The summed E-state index contributed by atoms with van der Waals surface area (Å²) in [5.41, 5.74) is 0.548. The Labute approximate surface area is 114 Å². The molecule has 1 heterocycles. The molecule has 1 saturated heterocycles. The lowest BCUT2D eigenvalue weighted by Gasteiger charge is -2.42. The molecular formula is C15H33N3. The second-order valence-electron chi connectivity index (χ2n) is 7.36. The van der Waals surface area contributed by atoms with Gasteiger partial charge in [-0.1, -0.05) is 13.8 Å². The highest BCUT2D eigenvalue weighted by molar-refractivity contribution is 4.89. The van der Waals surface area contributed by atoms with E-state index in [-0.39, 0.29) is 5.54 Å². The Bertz CT molecular complexity index is 248. The number of nitrogens with zero attached hydrogens (tertiary/aromatic N) is 1. The summed E-state index contributed by atoms with van der Waals surface area (Å²) in [6.45, 7) is 14.0. The largest absolute Gasteiger partial charge is 0.318 e. The summed E-state index contributed by atoms with van der Waals surface area (Å²) < 4.78 is 0. The highest BCUT2D eigenvalue weighted by Crippen LogP contribution is 2.33. The summed E-state index contributed by atoms with van der Waals surface area (Å²) in [6, 6.07) is 0. The Morgan fingerprint density at radius 3 is 2.39 bits per heavy atom. The van der Waals surface area contributed by atoms with Crippen LogP contribution in [0, 0.1) is 11.3 Å². The predicted octanol–water partition coefficient (Wildman–Crippen LogP) is 1.94. The third kappa shape index (κ3) is 4.87. The fraction of sp³-hybridized carbons (Fsp3) is 1.00. The number of hydrogen-bond acceptors (Lipinski definition) is 3. The second-order valence-corrected chi connectivity index (χ2v) is 7.36. The van der Waals surface area contributed by atoms with E-state index >= 15 is 0 Å². The summed E-state index contributed by atoms with van der Waals surface area (Å²) in [7, 11) is 4.27. The van der Waals surface area contributed by atoms with Gasteiger partial charge in [-0.05, 0) is 58.7 Å². The molecule has 0 aromatic rings. The van der Waals surface area contributed by atoms with Crippen molar-refractivity contribution in [2.75, 3.05) is 40.3 Å². The zero-order valence-electron chi connectivity index (χ0n) is 13.3. The molecule has 1 rings (SSSR count). The number of rotatable bonds is 6. The monoisotopic (exact) mass is 255 g/mol. The van der Waals surface area contributed by atoms with Gasteiger partial charge >= 0.3 is 0 Å². The summed E-state index contributed by atoms with van der Waals surface area (Å²) in [4.78, 5) is 2.48. The summed E-state index contributed by atoms with van der Waals surface area (Å²) >= 11 is 0. The molecule has 108 valence electrons. The first-order valence-corrected chi connectivity index (χ1v) is 7.35. The molecule has 1 aliphatic heterocycles. The van der Waals surface area contributed by atoms with Gasteiger partial charge in [-0.2, -0.15) is 0 Å². The van der Waals surface area contributed by atoms with Crippen molar-refractivity contribution >= 4 is 0 Å². The molecule has 1 aliphatic rings. The fourth-order valence-electron chi connectivity index (χ4n) is 2.92. The van der Waals surface area contributed by atoms with Gasteiger partial charge < -0.3 is 15.5 Å². The molecule has 1 unspecified atom stereocenters. The van der Waals surface area contributed by atoms with Crippen molar-refractivity contribution in [1.82, 2.24) is 15.5 Å². The molecule has 0 aromatic carbocycles. The van der Waals surface area contributed by atoms with E-state index in [0.717, 1.165) is 19.0 Å². The lowest BCUT2D eigenvalue weighted by molar-refractivity contribution is 0.0958. The van der Waals surface area contributed by atoms with E-state index in [4.69, 9.17) is 0 Å². The van der Waals surface area contributed by atoms with E-state index in [1.54, 1.807) is 0 Å². The van der Waals surface area contributed by atoms with Crippen LogP contribution in [0.15, 0.2) is 0 Å². The van der Waals surface area contributed by atoms with Crippen molar-refractivity contribution in [2.24, 2.45) is 11.3 Å². The molecular weight excluding hydrogens is 222 g/mol. The number of likely N-dealkylation sites (N-methyl/N-ethyl adjacent to an activating group) is 1. The van der Waals surface area contributed by atoms with E-state index in [1.165, 1.54) is 25.9 Å². The Balaban J connectivity index is 2.48. The van der Waals surface area contributed by atoms with Gasteiger partial charge in [0.25, 0.3) is 0 Å². The van der Waals surface area contributed by atoms with Crippen molar-refractivity contribution < 1.29 is 0 Å². The summed E-state index contributed by atoms with van der Waals surface area (Å²) in [6.07, 6.45) is 2.73. The molecule has 0 saturated carbocycles. The Kier molecular flexibility index (Phi) is 5.63. The van der Waals surface area contributed by atoms with Crippen LogP contribution >= 0.6 is 0 Å². The number of piperidine rings is 1. The lowest BCUT2D eigenvalue weighted by Crippen LogP contribution is -2.52. The zero-order chi connectivity index (χ0) is 13.8. The van der Waals surface area contributed by atoms with Gasteiger partial charge in [0.1, 0.15) is 0 Å². The molecule has 1 atom stereocenters. The lowest BCUT2D eigenvalue weighted by atomic mass is 9.74. The Hall–Kier alpha value is -0.120. The molecule has 18 heavy (non-hydrogen) atoms. The highest BCUT2D eigenvalue weighted by atomic mass is 15.1. The van der Waals surface area contributed by atoms with Gasteiger partial charge in [0.15, 0.2) is 0 Å². The van der Waals surface area contributed by atoms with E-state index in [1.807, 2.05) is 7.05 Å². The molecule has 2 N–H and O–H groups in total. The minimum atomic E-state index is 0.173. The smallest absolute Gasteiger partial charge is 0.0249 e. The first-order valence-electron chi connectivity index (χ1n) is 7.35. The van der Waals surface area contributed by atoms with Crippen molar-refractivity contribution in [2.45, 2.75) is 46.1 Å². The Morgan fingerprint density at radius 2 is 1.83 bits per heavy atom. The van der Waals surface area contributed by atoms with Crippen molar-refractivity contribution in [1.29, 1.82) is 0 Å². The molecule has 0 amide bonds. The molecule has 3 nitrogen and oxygen atoms in total. The van der Waals surface area contributed by atoms with Crippen LogP contribution in [0.4, 0.5) is 0 Å². The van der Waals surface area contributed by atoms with E-state index in [2.05, 4.69) is 50.3 Å². The predicted molar refractivity (Wildman–Crippen MR) is 80.0 cm³/mol. The van der Waals surface area contributed by atoms with Crippen LogP contribution in [0.1, 0.15) is 40.5 Å². The molecule has 0 aromatic heterocycles. The first-order chi connectivity index (χ1) is 8.27. The van der Waals surface area contributed by atoms with Gasteiger partial charge in [-0.25, -0.2) is 0 Å². The topological polar surface area (TPSA) is 27.3 Å². The van der Waals surface area contributed by atoms with E-state index in [9.17, 15) is 0 Å². The maximum absolute atomic E-state index is 3.73. The number of hydrogen-bond donors (Lipinski definition) is 2. The minimum Gasteiger partial charge on any atom is -0.318 e. The van der Waals surface area contributed by atoms with Crippen molar-refractivity contribution in [3.8, 4) is 0 Å². The Morgan fingerprint density at radius 1 is 1.17 bits per heavy atom. The standard InChI is InChI=1S/C15H33N3/c1-14(2,11-17-15(3,4)12-16-5)13-8-7-9-18(6)10-13/h13,16-17H,7-12H2,1-6H3. The van der Waals surface area contributed by atoms with Crippen LogP contribution in [0.5, 0.6) is 0 Å². The first kappa shape index (κ1) is 15.9. The third-order valence-electron chi connectivity index (χ3n) is 4.37. The van der Waals surface area contributed by atoms with Crippen LogP contribution in [-0.4, -0.2) is 50.7 Å². The van der Waals surface area contributed by atoms with Crippen molar-refractivity contribution in [3.05, 3.63) is 0 Å². The van der Waals surface area contributed by atoms with Crippen molar-refractivity contribution in [3.63, 3.8) is 0 Å². The third-order valence-corrected chi connectivity index (χ3v) is 4.37. The van der Waals surface area contributed by atoms with Crippen LogP contribution in [0.3, 0.4) is 0 Å². The van der Waals surface area contributed by atoms with Gasteiger partial charge in [-0.3, -0.25) is 0 Å². The van der Waals surface area contributed by atoms with Gasteiger partial charge in [0.2, 0.25) is 0 Å². The quantitative estimate of drug-likeness (QED) is 0.759. The van der Waals surface area contributed by atoms with Crippen LogP contribution < -0.4 is 10.6 Å². The molecule has 0 bridgehead atoms. The maximum Gasteiger partial charge on any atom is 0.0249 e. The fourth-order valence-corrected chi connectivity index (χ4v) is 2.92. The average Bonchev–Trinajstić information content (AvgIpc) is 2.27. The number of likely N-dealkylation sites (tertiary alicyclic amines) is 1. The van der Waals surface area contributed by atoms with E-state index < -0.39 is 0 Å². The van der Waals surface area contributed by atoms with Crippen LogP contribution in [0.25, 0.3) is 0 Å². The highest BCUT2D eigenvalue weighted by Gasteiger charge is 2.33. The normalized spacial score (nSPS) is 23.3. The molecule has 1 fully saturated rings. The van der Waals surface area contributed by atoms with Gasteiger partial charge in [-0.15, -0.1) is 0 Å². The van der Waals surface area contributed by atoms with Gasteiger partial charge in [0.05, 0.1) is 0 Å². The molecule has 3 heteroatoms. The van der Waals surface area contributed by atoms with E-state index in [0.29, 0.717) is 5.41 Å². The summed E-state index contributed by atoms with van der Waals surface area (Å²) in [5, 5.41) is 6.99. The van der Waals surface area contributed by atoms with Crippen LogP contribution in [-0.2, 0) is 0 Å². The second kappa shape index (κ2) is 6.36. The SMILES string of the molecule is CNCC(C)(C)NCC(C)(C)C1CCCN(C)C1. The average molecular weight is 255 g/mol. The number of nitrogens with one attached hydrogen (secondary N) is 2. The maximum atomic E-state index is 3.73. The van der Waals surface area contributed by atoms with Crippen LogP contribution in [0.2, 0.25) is 0 Å². The van der Waals surface area contributed by atoms with Gasteiger partial charge in [0, 0.05) is 25.2 Å². The molecule has 0 spiro atoms. The minimum absolute atomic E-state index is 0.173. The summed E-state index contributed by atoms with van der Waals surface area (Å²) in [5.74, 6) is 0.814. The molecule has 0 aliphatic carbocycles. The molecule has 0 radical (unpaired) electrons. The zero-order valence-corrected chi connectivity index (χ0v) is 13.3.